The Balaban J connectivity index is 2.35. The summed E-state index contributed by atoms with van der Waals surface area (Å²) in [5.74, 6) is -0.165. The molecule has 1 N–H and O–H groups in total. The Morgan fingerprint density at radius 1 is 1.36 bits per heavy atom. The van der Waals surface area contributed by atoms with Crippen molar-refractivity contribution in [2.45, 2.75) is 40.0 Å². The molecule has 0 saturated heterocycles. The summed E-state index contributed by atoms with van der Waals surface area (Å²) in [7, 11) is 0. The van der Waals surface area contributed by atoms with Crippen LogP contribution < -0.4 is 5.32 Å². The normalized spacial score (nSPS) is 17.4. The van der Waals surface area contributed by atoms with Crippen molar-refractivity contribution in [2.24, 2.45) is 11.3 Å². The molecule has 0 atom stereocenters. The molecule has 14 heavy (non-hydrogen) atoms. The van der Waals surface area contributed by atoms with Gasteiger partial charge in [-0.25, -0.2) is 0 Å². The lowest BCUT2D eigenvalue weighted by atomic mass is 9.67. The summed E-state index contributed by atoms with van der Waals surface area (Å²) >= 11 is 0. The molecule has 1 aliphatic carbocycles. The fraction of sp³-hybridized carbons (Fsp3) is 0.818. The first-order valence-electron chi connectivity index (χ1n) is 5.22. The van der Waals surface area contributed by atoms with Crippen molar-refractivity contribution in [2.75, 3.05) is 6.54 Å². The van der Waals surface area contributed by atoms with Gasteiger partial charge in [-0.05, 0) is 24.2 Å². The highest BCUT2D eigenvalue weighted by Crippen LogP contribution is 2.41. The lowest BCUT2D eigenvalue weighted by Gasteiger charge is -2.40. The zero-order valence-electron chi connectivity index (χ0n) is 9.22. The summed E-state index contributed by atoms with van der Waals surface area (Å²) in [5.41, 5.74) is 0.128. The van der Waals surface area contributed by atoms with Gasteiger partial charge >= 0.3 is 0 Å². The second kappa shape index (κ2) is 4.11. The topological polar surface area (TPSA) is 46.2 Å². The zero-order valence-corrected chi connectivity index (χ0v) is 9.22. The second-order valence-corrected chi connectivity index (χ2v) is 4.86. The van der Waals surface area contributed by atoms with Crippen LogP contribution in [-0.4, -0.2) is 18.2 Å². The maximum absolute atomic E-state index is 11.1. The summed E-state index contributed by atoms with van der Waals surface area (Å²) < 4.78 is 0. The zero-order chi connectivity index (χ0) is 10.8. The Hall–Kier alpha value is -0.860. The fourth-order valence-electron chi connectivity index (χ4n) is 1.77. The molecule has 0 spiro atoms. The Morgan fingerprint density at radius 2 is 1.93 bits per heavy atom. The lowest BCUT2D eigenvalue weighted by Crippen LogP contribution is -2.42. The number of ketones is 1. The molecular weight excluding hydrogens is 178 g/mol. The average Bonchev–Trinajstić information content (AvgIpc) is 1.95. The van der Waals surface area contributed by atoms with E-state index in [2.05, 4.69) is 19.2 Å². The number of Topliss-reactive ketones (excluding diaryl/α,β-unsaturated/α-hetero) is 1. The van der Waals surface area contributed by atoms with Gasteiger partial charge < -0.3 is 5.32 Å². The molecule has 3 nitrogen and oxygen atoms in total. The van der Waals surface area contributed by atoms with E-state index in [1.807, 2.05) is 0 Å². The smallest absolute Gasteiger partial charge is 0.287 e. The SMILES string of the molecule is CC(=O)C(=O)NCC(C)(C)C1CCC1. The van der Waals surface area contributed by atoms with Crippen LogP contribution >= 0.6 is 0 Å². The first-order chi connectivity index (χ1) is 6.43. The first kappa shape index (κ1) is 11.2. The van der Waals surface area contributed by atoms with Crippen molar-refractivity contribution in [1.82, 2.24) is 5.32 Å². The summed E-state index contributed by atoms with van der Waals surface area (Å²) in [6.07, 6.45) is 3.81. The van der Waals surface area contributed by atoms with Crippen molar-refractivity contribution >= 4 is 11.7 Å². The van der Waals surface area contributed by atoms with E-state index in [-0.39, 0.29) is 5.41 Å². The summed E-state index contributed by atoms with van der Waals surface area (Å²) in [5, 5.41) is 2.68. The highest BCUT2D eigenvalue weighted by Gasteiger charge is 2.34. The van der Waals surface area contributed by atoms with Gasteiger partial charge in [0.15, 0.2) is 0 Å². The van der Waals surface area contributed by atoms with Crippen LogP contribution in [0.4, 0.5) is 0 Å². The fourth-order valence-corrected chi connectivity index (χ4v) is 1.77. The minimum Gasteiger partial charge on any atom is -0.349 e. The van der Waals surface area contributed by atoms with Gasteiger partial charge in [-0.15, -0.1) is 0 Å². The molecule has 0 heterocycles. The van der Waals surface area contributed by atoms with E-state index in [1.54, 1.807) is 0 Å². The van der Waals surface area contributed by atoms with Gasteiger partial charge in [0.1, 0.15) is 0 Å². The third-order valence-corrected chi connectivity index (χ3v) is 3.23. The molecule has 3 heteroatoms. The molecular formula is C11H19NO2. The molecule has 1 amide bonds. The maximum atomic E-state index is 11.1. The Kier molecular flexibility index (Phi) is 3.29. The van der Waals surface area contributed by atoms with E-state index in [9.17, 15) is 9.59 Å². The van der Waals surface area contributed by atoms with Crippen LogP contribution in [0.2, 0.25) is 0 Å². The third-order valence-electron chi connectivity index (χ3n) is 3.23. The molecule has 0 aliphatic heterocycles. The van der Waals surface area contributed by atoms with Crippen molar-refractivity contribution in [3.05, 3.63) is 0 Å². The maximum Gasteiger partial charge on any atom is 0.287 e. The van der Waals surface area contributed by atoms with Crippen LogP contribution in [0.15, 0.2) is 0 Å². The molecule has 1 fully saturated rings. The van der Waals surface area contributed by atoms with E-state index in [0.29, 0.717) is 12.5 Å². The minimum absolute atomic E-state index is 0.128. The molecule has 1 aliphatic rings. The molecule has 0 aromatic carbocycles. The van der Waals surface area contributed by atoms with Crippen LogP contribution in [0.3, 0.4) is 0 Å². The van der Waals surface area contributed by atoms with E-state index in [0.717, 1.165) is 0 Å². The van der Waals surface area contributed by atoms with Crippen LogP contribution in [0.5, 0.6) is 0 Å². The monoisotopic (exact) mass is 197 g/mol. The average molecular weight is 197 g/mol. The van der Waals surface area contributed by atoms with Crippen LogP contribution in [0.1, 0.15) is 40.0 Å². The van der Waals surface area contributed by atoms with E-state index < -0.39 is 11.7 Å². The predicted molar refractivity (Wildman–Crippen MR) is 54.8 cm³/mol. The Labute approximate surface area is 85.3 Å². The summed E-state index contributed by atoms with van der Waals surface area (Å²) in [6.45, 7) is 6.20. The second-order valence-electron chi connectivity index (χ2n) is 4.86. The van der Waals surface area contributed by atoms with Crippen LogP contribution in [0.25, 0.3) is 0 Å². The van der Waals surface area contributed by atoms with E-state index in [1.165, 1.54) is 26.2 Å². The number of hydrogen-bond acceptors (Lipinski definition) is 2. The molecule has 0 aromatic heterocycles. The van der Waals surface area contributed by atoms with Crippen LogP contribution in [-0.2, 0) is 9.59 Å². The van der Waals surface area contributed by atoms with Gasteiger partial charge in [0.25, 0.3) is 5.91 Å². The molecule has 1 rings (SSSR count). The summed E-state index contributed by atoms with van der Waals surface area (Å²) in [4.78, 5) is 21.8. The largest absolute Gasteiger partial charge is 0.349 e. The van der Waals surface area contributed by atoms with E-state index in [4.69, 9.17) is 0 Å². The van der Waals surface area contributed by atoms with Gasteiger partial charge in [-0.3, -0.25) is 9.59 Å². The summed E-state index contributed by atoms with van der Waals surface area (Å²) in [6, 6.07) is 0. The number of carbonyl (C=O) groups is 2. The minimum atomic E-state index is -0.461. The van der Waals surface area contributed by atoms with Crippen molar-refractivity contribution in [3.63, 3.8) is 0 Å². The highest BCUT2D eigenvalue weighted by atomic mass is 16.2. The molecule has 0 unspecified atom stereocenters. The van der Waals surface area contributed by atoms with Gasteiger partial charge in [-0.2, -0.15) is 0 Å². The molecule has 0 bridgehead atoms. The van der Waals surface area contributed by atoms with Gasteiger partial charge in [0.05, 0.1) is 0 Å². The lowest BCUT2D eigenvalue weighted by molar-refractivity contribution is -0.137. The quantitative estimate of drug-likeness (QED) is 0.694. The van der Waals surface area contributed by atoms with Crippen molar-refractivity contribution in [1.29, 1.82) is 0 Å². The predicted octanol–water partition coefficient (Wildman–Crippen LogP) is 1.52. The third kappa shape index (κ3) is 2.56. The highest BCUT2D eigenvalue weighted by molar-refractivity contribution is 6.35. The van der Waals surface area contributed by atoms with Crippen molar-refractivity contribution < 1.29 is 9.59 Å². The first-order valence-corrected chi connectivity index (χ1v) is 5.22. The molecule has 0 aromatic rings. The number of hydrogen-bond donors (Lipinski definition) is 1. The van der Waals surface area contributed by atoms with Crippen molar-refractivity contribution in [3.8, 4) is 0 Å². The standard InChI is InChI=1S/C11H19NO2/c1-8(13)10(14)12-7-11(2,3)9-5-4-6-9/h9H,4-7H2,1-3H3,(H,12,14). The number of nitrogens with one attached hydrogen (secondary N) is 1. The number of amides is 1. The molecule has 0 radical (unpaired) electrons. The van der Waals surface area contributed by atoms with Crippen LogP contribution in [0, 0.1) is 11.3 Å². The Morgan fingerprint density at radius 3 is 2.29 bits per heavy atom. The number of carbonyl (C=O) groups excluding carboxylic acids is 2. The van der Waals surface area contributed by atoms with Gasteiger partial charge in [-0.1, -0.05) is 20.3 Å². The molecule has 80 valence electrons. The van der Waals surface area contributed by atoms with Gasteiger partial charge in [0.2, 0.25) is 5.78 Å². The number of rotatable bonds is 4. The van der Waals surface area contributed by atoms with Gasteiger partial charge in [0, 0.05) is 13.5 Å². The Bertz CT molecular complexity index is 242. The molecule has 1 saturated carbocycles. The van der Waals surface area contributed by atoms with E-state index >= 15 is 0 Å².